The molecule has 0 aromatic heterocycles. The molecule has 1 aliphatic carbocycles. The van der Waals surface area contributed by atoms with Crippen molar-refractivity contribution >= 4 is 27.2 Å². The van der Waals surface area contributed by atoms with Crippen molar-refractivity contribution in [3.63, 3.8) is 0 Å². The Morgan fingerprint density at radius 2 is 2.08 bits per heavy atom. The van der Waals surface area contributed by atoms with E-state index >= 15 is 0 Å². The quantitative estimate of drug-likeness (QED) is 0.215. The monoisotopic (exact) mass is 369 g/mol. The van der Waals surface area contributed by atoms with Crippen molar-refractivity contribution in [2.45, 2.75) is 24.3 Å². The Kier molecular flexibility index (Phi) is 5.83. The predicted molar refractivity (Wildman–Crippen MR) is 96.8 cm³/mol. The van der Waals surface area contributed by atoms with Crippen molar-refractivity contribution < 1.29 is 13.3 Å². The van der Waals surface area contributed by atoms with Crippen molar-refractivity contribution in [2.75, 3.05) is 31.7 Å². The molecule has 138 valence electrons. The number of hydrogen-bond acceptors (Lipinski definition) is 6. The summed E-state index contributed by atoms with van der Waals surface area (Å²) >= 11 is 0. The van der Waals surface area contributed by atoms with Crippen LogP contribution in [0.5, 0.6) is 0 Å². The van der Waals surface area contributed by atoms with E-state index in [-0.39, 0.29) is 16.3 Å². The van der Waals surface area contributed by atoms with E-state index in [1.54, 1.807) is 7.05 Å². The lowest BCUT2D eigenvalue weighted by Crippen LogP contribution is -2.41. The molecule has 0 spiro atoms. The van der Waals surface area contributed by atoms with Gasteiger partial charge in [-0.15, -0.1) is 0 Å². The largest absolute Gasteiger partial charge is 0.378 e. The van der Waals surface area contributed by atoms with Gasteiger partial charge in [0.15, 0.2) is 15.8 Å². The maximum atomic E-state index is 11.5. The molecule has 25 heavy (non-hydrogen) atoms. The number of aliphatic imine (C=N–C) groups is 1. The minimum atomic E-state index is -3.49. The molecule has 0 heterocycles. The molecular weight excluding hydrogens is 346 g/mol. The van der Waals surface area contributed by atoms with Crippen LogP contribution >= 0.6 is 0 Å². The number of nitrogens with zero attached hydrogens (tertiary/aromatic N) is 2. The second-order valence-electron chi connectivity index (χ2n) is 6.10. The molecule has 10 heteroatoms. The van der Waals surface area contributed by atoms with E-state index < -0.39 is 14.8 Å². The van der Waals surface area contributed by atoms with Gasteiger partial charge in [0, 0.05) is 38.5 Å². The van der Waals surface area contributed by atoms with Crippen LogP contribution in [0.3, 0.4) is 0 Å². The molecule has 1 aliphatic rings. The van der Waals surface area contributed by atoms with Gasteiger partial charge in [-0.05, 0) is 24.5 Å². The number of benzene rings is 1. The number of rotatable bonds is 7. The number of nitro benzene ring substituents is 1. The number of hydrogen-bond donors (Lipinski definition) is 3. The lowest BCUT2D eigenvalue weighted by atomic mass is 10.2. The van der Waals surface area contributed by atoms with Gasteiger partial charge in [0.05, 0.1) is 9.82 Å². The van der Waals surface area contributed by atoms with E-state index in [9.17, 15) is 18.5 Å². The number of guanidine groups is 1. The smallest absolute Gasteiger partial charge is 0.293 e. The van der Waals surface area contributed by atoms with Gasteiger partial charge in [-0.25, -0.2) is 8.42 Å². The average Bonchev–Trinajstić information content (AvgIpc) is 3.24. The summed E-state index contributed by atoms with van der Waals surface area (Å²) < 4.78 is 23.1. The second-order valence-corrected chi connectivity index (χ2v) is 8.11. The molecule has 2 rings (SSSR count). The third-order valence-electron chi connectivity index (χ3n) is 3.98. The molecular formula is C15H23N5O4S. The van der Waals surface area contributed by atoms with Crippen molar-refractivity contribution in [3.8, 4) is 0 Å². The van der Waals surface area contributed by atoms with E-state index in [0.717, 1.165) is 18.7 Å². The molecule has 0 bridgehead atoms. The van der Waals surface area contributed by atoms with E-state index in [1.807, 2.05) is 0 Å². The maximum absolute atomic E-state index is 11.5. The van der Waals surface area contributed by atoms with Crippen LogP contribution in [0, 0.1) is 16.0 Å². The van der Waals surface area contributed by atoms with Gasteiger partial charge in [-0.3, -0.25) is 15.1 Å². The van der Waals surface area contributed by atoms with Crippen LogP contribution in [0.1, 0.15) is 13.3 Å². The van der Waals surface area contributed by atoms with E-state index in [4.69, 9.17) is 0 Å². The van der Waals surface area contributed by atoms with Crippen LogP contribution in [0.4, 0.5) is 11.4 Å². The first kappa shape index (κ1) is 19.0. The summed E-state index contributed by atoms with van der Waals surface area (Å²) in [6, 6.07) is 4.28. The zero-order valence-corrected chi connectivity index (χ0v) is 15.3. The maximum Gasteiger partial charge on any atom is 0.293 e. The molecule has 1 saturated carbocycles. The molecule has 0 saturated heterocycles. The van der Waals surface area contributed by atoms with E-state index in [1.165, 1.54) is 12.1 Å². The number of nitrogens with one attached hydrogen (secondary N) is 3. The number of nitro groups is 1. The summed E-state index contributed by atoms with van der Waals surface area (Å²) in [5.74, 6) is 1.34. The Hall–Kier alpha value is -2.36. The molecule has 0 radical (unpaired) electrons. The molecule has 3 N–H and O–H groups in total. The molecule has 2 unspecified atom stereocenters. The third-order valence-corrected chi connectivity index (χ3v) is 5.09. The van der Waals surface area contributed by atoms with E-state index in [2.05, 4.69) is 27.9 Å². The zero-order chi connectivity index (χ0) is 18.6. The Morgan fingerprint density at radius 1 is 1.40 bits per heavy atom. The fourth-order valence-electron chi connectivity index (χ4n) is 2.31. The first-order chi connectivity index (χ1) is 11.7. The summed E-state index contributed by atoms with van der Waals surface area (Å²) in [4.78, 5) is 14.6. The van der Waals surface area contributed by atoms with Crippen molar-refractivity contribution in [1.29, 1.82) is 0 Å². The molecule has 0 amide bonds. The molecule has 2 atom stereocenters. The standard InChI is InChI=1S/C15H23N5O4S/c1-10-8-13(10)19-15(16-2)18-7-6-17-12-5-4-11(25(3,23)24)9-14(12)20(21)22/h4-5,9-10,13,17H,6-8H2,1-3H3,(H2,16,18,19). The molecule has 1 aromatic rings. The normalized spacial score (nSPS) is 20.0. The van der Waals surface area contributed by atoms with Gasteiger partial charge in [-0.2, -0.15) is 0 Å². The van der Waals surface area contributed by atoms with E-state index in [0.29, 0.717) is 31.0 Å². The van der Waals surface area contributed by atoms with Crippen molar-refractivity contribution in [3.05, 3.63) is 28.3 Å². The molecule has 0 aliphatic heterocycles. The lowest BCUT2D eigenvalue weighted by molar-refractivity contribution is -0.384. The van der Waals surface area contributed by atoms with Crippen LogP contribution in [-0.4, -0.2) is 51.7 Å². The van der Waals surface area contributed by atoms with Gasteiger partial charge < -0.3 is 16.0 Å². The van der Waals surface area contributed by atoms with Crippen molar-refractivity contribution in [2.24, 2.45) is 10.9 Å². The van der Waals surface area contributed by atoms with Gasteiger partial charge in [0.25, 0.3) is 5.69 Å². The second kappa shape index (κ2) is 7.68. The summed E-state index contributed by atoms with van der Waals surface area (Å²) in [6.07, 6.45) is 2.14. The summed E-state index contributed by atoms with van der Waals surface area (Å²) in [5, 5.41) is 20.5. The van der Waals surface area contributed by atoms with Gasteiger partial charge in [0.1, 0.15) is 5.69 Å². The van der Waals surface area contributed by atoms with Gasteiger partial charge in [-0.1, -0.05) is 6.92 Å². The summed E-state index contributed by atoms with van der Waals surface area (Å²) in [7, 11) is -1.81. The van der Waals surface area contributed by atoms with Gasteiger partial charge >= 0.3 is 0 Å². The van der Waals surface area contributed by atoms with Gasteiger partial charge in [0.2, 0.25) is 0 Å². The van der Waals surface area contributed by atoms with Crippen LogP contribution in [0.15, 0.2) is 28.1 Å². The first-order valence-corrected chi connectivity index (χ1v) is 9.81. The lowest BCUT2D eigenvalue weighted by Gasteiger charge is -2.13. The SMILES string of the molecule is CN=C(NCCNc1ccc(S(C)(=O)=O)cc1[N+](=O)[O-])NC1CC1C. The zero-order valence-electron chi connectivity index (χ0n) is 14.4. The minimum Gasteiger partial charge on any atom is -0.378 e. The Morgan fingerprint density at radius 3 is 2.60 bits per heavy atom. The fraction of sp³-hybridized carbons (Fsp3) is 0.533. The summed E-state index contributed by atoms with van der Waals surface area (Å²) in [6.45, 7) is 3.08. The summed E-state index contributed by atoms with van der Waals surface area (Å²) in [5.41, 5.74) is 0.00944. The highest BCUT2D eigenvalue weighted by molar-refractivity contribution is 7.90. The molecule has 9 nitrogen and oxygen atoms in total. The Labute approximate surface area is 147 Å². The molecule has 1 aromatic carbocycles. The van der Waals surface area contributed by atoms with Crippen LogP contribution in [-0.2, 0) is 9.84 Å². The van der Waals surface area contributed by atoms with Crippen LogP contribution < -0.4 is 16.0 Å². The Bertz CT molecular complexity index is 778. The van der Waals surface area contributed by atoms with Crippen LogP contribution in [0.25, 0.3) is 0 Å². The highest BCUT2D eigenvalue weighted by Gasteiger charge is 2.33. The first-order valence-electron chi connectivity index (χ1n) is 7.92. The Balaban J connectivity index is 1.92. The molecule has 1 fully saturated rings. The number of sulfone groups is 1. The predicted octanol–water partition coefficient (Wildman–Crippen LogP) is 0.984. The van der Waals surface area contributed by atoms with Crippen molar-refractivity contribution in [1.82, 2.24) is 10.6 Å². The number of anilines is 1. The van der Waals surface area contributed by atoms with Crippen LogP contribution in [0.2, 0.25) is 0 Å². The average molecular weight is 369 g/mol. The minimum absolute atomic E-state index is 0.0777. The fourth-order valence-corrected chi connectivity index (χ4v) is 2.96. The highest BCUT2D eigenvalue weighted by atomic mass is 32.2. The highest BCUT2D eigenvalue weighted by Crippen LogP contribution is 2.29. The third kappa shape index (κ3) is 5.31. The topological polar surface area (TPSA) is 126 Å².